The lowest BCUT2D eigenvalue weighted by atomic mass is 10.1. The Kier molecular flexibility index (Phi) is 5.93. The van der Waals surface area contributed by atoms with Crippen molar-refractivity contribution < 1.29 is 22.4 Å². The van der Waals surface area contributed by atoms with Crippen molar-refractivity contribution in [3.63, 3.8) is 0 Å². The Morgan fingerprint density at radius 3 is 2.50 bits per heavy atom. The molecule has 1 N–H and O–H groups in total. The van der Waals surface area contributed by atoms with Crippen molar-refractivity contribution in [3.05, 3.63) is 35.6 Å². The standard InChI is InChI=1S/C16H21FN2O4S/c1-2-19(16(21)13-7-8-24(22,23)11-13)10-15(20)18-9-12-3-5-14(17)6-4-12/h3-6,13H,2,7-11H2,1H3,(H,18,20). The van der Waals surface area contributed by atoms with Gasteiger partial charge in [0.05, 0.1) is 24.0 Å². The van der Waals surface area contributed by atoms with Gasteiger partial charge in [-0.05, 0) is 31.0 Å². The van der Waals surface area contributed by atoms with E-state index in [4.69, 9.17) is 0 Å². The number of hydrogen-bond acceptors (Lipinski definition) is 4. The Bertz CT molecular complexity index is 703. The summed E-state index contributed by atoms with van der Waals surface area (Å²) in [6, 6.07) is 5.76. The third-order valence-electron chi connectivity index (χ3n) is 4.01. The van der Waals surface area contributed by atoms with E-state index in [0.29, 0.717) is 13.0 Å². The number of benzene rings is 1. The van der Waals surface area contributed by atoms with Crippen molar-refractivity contribution in [1.29, 1.82) is 0 Å². The first-order chi connectivity index (χ1) is 11.3. The van der Waals surface area contributed by atoms with E-state index in [1.165, 1.54) is 17.0 Å². The van der Waals surface area contributed by atoms with Crippen LogP contribution in [-0.2, 0) is 26.0 Å². The molecule has 1 fully saturated rings. The molecule has 0 aromatic heterocycles. The summed E-state index contributed by atoms with van der Waals surface area (Å²) < 4.78 is 35.8. The van der Waals surface area contributed by atoms with Gasteiger partial charge in [0.1, 0.15) is 5.82 Å². The summed E-state index contributed by atoms with van der Waals surface area (Å²) in [5.41, 5.74) is 0.751. The Hall–Kier alpha value is -1.96. The summed E-state index contributed by atoms with van der Waals surface area (Å²) >= 11 is 0. The maximum absolute atomic E-state index is 12.8. The SMILES string of the molecule is CCN(CC(=O)NCc1ccc(F)cc1)C(=O)C1CCS(=O)(=O)C1. The Labute approximate surface area is 140 Å². The van der Waals surface area contributed by atoms with Gasteiger partial charge in [0.2, 0.25) is 11.8 Å². The molecule has 1 aromatic rings. The second kappa shape index (κ2) is 7.74. The van der Waals surface area contributed by atoms with Gasteiger partial charge in [-0.25, -0.2) is 12.8 Å². The summed E-state index contributed by atoms with van der Waals surface area (Å²) in [6.07, 6.45) is 0.314. The summed E-state index contributed by atoms with van der Waals surface area (Å²) in [4.78, 5) is 25.7. The fraction of sp³-hybridized carbons (Fsp3) is 0.500. The third kappa shape index (κ3) is 5.02. The van der Waals surface area contributed by atoms with Crippen LogP contribution in [0.2, 0.25) is 0 Å². The van der Waals surface area contributed by atoms with Crippen molar-refractivity contribution in [2.45, 2.75) is 19.9 Å². The fourth-order valence-electron chi connectivity index (χ4n) is 2.63. The largest absolute Gasteiger partial charge is 0.350 e. The minimum Gasteiger partial charge on any atom is -0.350 e. The van der Waals surface area contributed by atoms with Crippen LogP contribution in [0, 0.1) is 11.7 Å². The van der Waals surface area contributed by atoms with E-state index < -0.39 is 15.8 Å². The molecule has 0 radical (unpaired) electrons. The van der Waals surface area contributed by atoms with Gasteiger partial charge in [-0.3, -0.25) is 9.59 Å². The number of nitrogens with one attached hydrogen (secondary N) is 1. The average molecular weight is 356 g/mol. The van der Waals surface area contributed by atoms with Gasteiger partial charge in [0.15, 0.2) is 9.84 Å². The number of nitrogens with zero attached hydrogens (tertiary/aromatic N) is 1. The van der Waals surface area contributed by atoms with Crippen LogP contribution in [-0.4, -0.2) is 49.7 Å². The summed E-state index contributed by atoms with van der Waals surface area (Å²) in [5.74, 6) is -1.65. The zero-order valence-corrected chi connectivity index (χ0v) is 14.3. The van der Waals surface area contributed by atoms with Crippen LogP contribution < -0.4 is 5.32 Å². The Morgan fingerprint density at radius 2 is 1.96 bits per heavy atom. The van der Waals surface area contributed by atoms with E-state index in [-0.39, 0.29) is 42.2 Å². The molecular weight excluding hydrogens is 335 g/mol. The van der Waals surface area contributed by atoms with Crippen LogP contribution in [0.4, 0.5) is 4.39 Å². The number of sulfone groups is 1. The van der Waals surface area contributed by atoms with Crippen LogP contribution >= 0.6 is 0 Å². The summed E-state index contributed by atoms with van der Waals surface area (Å²) in [5, 5.41) is 2.67. The predicted octanol–water partition coefficient (Wildman–Crippen LogP) is 0.725. The number of hydrogen-bond donors (Lipinski definition) is 1. The van der Waals surface area contributed by atoms with Crippen LogP contribution in [0.15, 0.2) is 24.3 Å². The Morgan fingerprint density at radius 1 is 1.29 bits per heavy atom. The van der Waals surface area contributed by atoms with Crippen LogP contribution in [0.1, 0.15) is 18.9 Å². The van der Waals surface area contributed by atoms with E-state index in [1.54, 1.807) is 19.1 Å². The van der Waals surface area contributed by atoms with E-state index in [9.17, 15) is 22.4 Å². The second-order valence-electron chi connectivity index (χ2n) is 5.86. The zero-order valence-electron chi connectivity index (χ0n) is 13.5. The minimum absolute atomic E-state index is 0.0255. The molecule has 24 heavy (non-hydrogen) atoms. The molecule has 2 amide bonds. The maximum Gasteiger partial charge on any atom is 0.239 e. The van der Waals surface area contributed by atoms with Crippen LogP contribution in [0.5, 0.6) is 0 Å². The number of likely N-dealkylation sites (N-methyl/N-ethyl adjacent to an activating group) is 1. The highest BCUT2D eigenvalue weighted by atomic mass is 32.2. The first-order valence-electron chi connectivity index (χ1n) is 7.81. The predicted molar refractivity (Wildman–Crippen MR) is 87.3 cm³/mol. The monoisotopic (exact) mass is 356 g/mol. The fourth-order valence-corrected chi connectivity index (χ4v) is 4.36. The maximum atomic E-state index is 12.8. The lowest BCUT2D eigenvalue weighted by Gasteiger charge is -2.23. The average Bonchev–Trinajstić information content (AvgIpc) is 2.91. The molecule has 0 saturated carbocycles. The third-order valence-corrected chi connectivity index (χ3v) is 5.78. The highest BCUT2D eigenvalue weighted by Crippen LogP contribution is 2.20. The van der Waals surface area contributed by atoms with Gasteiger partial charge in [-0.1, -0.05) is 12.1 Å². The van der Waals surface area contributed by atoms with Gasteiger partial charge in [0, 0.05) is 13.1 Å². The molecule has 0 spiro atoms. The molecule has 1 unspecified atom stereocenters. The molecule has 1 atom stereocenters. The first-order valence-corrected chi connectivity index (χ1v) is 9.63. The Balaban J connectivity index is 1.86. The number of rotatable bonds is 6. The molecule has 1 aliphatic rings. The molecule has 1 heterocycles. The summed E-state index contributed by atoms with van der Waals surface area (Å²) in [6.45, 7) is 2.20. The molecule has 8 heteroatoms. The van der Waals surface area contributed by atoms with Crippen molar-refractivity contribution in [2.75, 3.05) is 24.6 Å². The highest BCUT2D eigenvalue weighted by molar-refractivity contribution is 7.91. The molecule has 2 rings (SSSR count). The van der Waals surface area contributed by atoms with Gasteiger partial charge in [0.25, 0.3) is 0 Å². The van der Waals surface area contributed by atoms with Crippen molar-refractivity contribution >= 4 is 21.7 Å². The van der Waals surface area contributed by atoms with Crippen LogP contribution in [0.3, 0.4) is 0 Å². The van der Waals surface area contributed by atoms with E-state index in [0.717, 1.165) is 5.56 Å². The van der Waals surface area contributed by atoms with Crippen molar-refractivity contribution in [1.82, 2.24) is 10.2 Å². The first kappa shape index (κ1) is 18.4. The molecule has 132 valence electrons. The highest BCUT2D eigenvalue weighted by Gasteiger charge is 2.35. The van der Waals surface area contributed by atoms with Gasteiger partial charge >= 0.3 is 0 Å². The second-order valence-corrected chi connectivity index (χ2v) is 8.08. The summed E-state index contributed by atoms with van der Waals surface area (Å²) in [7, 11) is -3.14. The minimum atomic E-state index is -3.14. The van der Waals surface area contributed by atoms with Gasteiger partial charge in [-0.2, -0.15) is 0 Å². The quantitative estimate of drug-likeness (QED) is 0.814. The normalized spacial score (nSPS) is 19.0. The molecule has 6 nitrogen and oxygen atoms in total. The lowest BCUT2D eigenvalue weighted by molar-refractivity contribution is -0.138. The molecule has 1 saturated heterocycles. The molecule has 0 bridgehead atoms. The molecule has 1 aromatic carbocycles. The van der Waals surface area contributed by atoms with Crippen molar-refractivity contribution in [2.24, 2.45) is 5.92 Å². The van der Waals surface area contributed by atoms with Gasteiger partial charge in [-0.15, -0.1) is 0 Å². The number of carbonyl (C=O) groups is 2. The number of halogens is 1. The van der Waals surface area contributed by atoms with E-state index in [2.05, 4.69) is 5.32 Å². The molecule has 1 aliphatic heterocycles. The molecular formula is C16H21FN2O4S. The van der Waals surface area contributed by atoms with Crippen molar-refractivity contribution in [3.8, 4) is 0 Å². The smallest absolute Gasteiger partial charge is 0.239 e. The number of carbonyl (C=O) groups excluding carboxylic acids is 2. The van der Waals surface area contributed by atoms with E-state index in [1.807, 2.05) is 0 Å². The van der Waals surface area contributed by atoms with E-state index >= 15 is 0 Å². The number of amides is 2. The molecule has 0 aliphatic carbocycles. The topological polar surface area (TPSA) is 83.6 Å². The lowest BCUT2D eigenvalue weighted by Crippen LogP contribution is -2.43. The van der Waals surface area contributed by atoms with Gasteiger partial charge < -0.3 is 10.2 Å². The zero-order chi connectivity index (χ0) is 17.7. The van der Waals surface area contributed by atoms with Crippen LogP contribution in [0.25, 0.3) is 0 Å².